The molecule has 1 heterocycles. The lowest BCUT2D eigenvalue weighted by Crippen LogP contribution is -2.42. The van der Waals surface area contributed by atoms with Crippen LogP contribution in [-0.2, 0) is 9.59 Å². The SMILES string of the molecule is CC(=O)N1CCCC1C(=O)Nc1ccccc1-c1ccccc1. The minimum Gasteiger partial charge on any atom is -0.331 e. The molecule has 0 aromatic heterocycles. The maximum absolute atomic E-state index is 12.6. The van der Waals surface area contributed by atoms with Gasteiger partial charge in [-0.2, -0.15) is 0 Å². The van der Waals surface area contributed by atoms with Gasteiger partial charge in [0.25, 0.3) is 0 Å². The van der Waals surface area contributed by atoms with E-state index in [1.165, 1.54) is 6.92 Å². The topological polar surface area (TPSA) is 49.4 Å². The second-order valence-electron chi connectivity index (χ2n) is 5.77. The van der Waals surface area contributed by atoms with E-state index in [1.807, 2.05) is 54.6 Å². The van der Waals surface area contributed by atoms with Gasteiger partial charge in [0.2, 0.25) is 11.8 Å². The van der Waals surface area contributed by atoms with E-state index in [0.717, 1.165) is 29.7 Å². The third-order valence-electron chi connectivity index (χ3n) is 4.23. The van der Waals surface area contributed by atoms with E-state index < -0.39 is 0 Å². The zero-order valence-corrected chi connectivity index (χ0v) is 13.2. The maximum atomic E-state index is 12.6. The van der Waals surface area contributed by atoms with E-state index in [9.17, 15) is 9.59 Å². The fourth-order valence-electron chi connectivity index (χ4n) is 3.09. The molecule has 4 nitrogen and oxygen atoms in total. The summed E-state index contributed by atoms with van der Waals surface area (Å²) in [5.74, 6) is -0.153. The van der Waals surface area contributed by atoms with Gasteiger partial charge in [0.15, 0.2) is 0 Å². The Hall–Kier alpha value is -2.62. The summed E-state index contributed by atoms with van der Waals surface area (Å²) in [5.41, 5.74) is 2.81. The maximum Gasteiger partial charge on any atom is 0.247 e. The summed E-state index contributed by atoms with van der Waals surface area (Å²) in [5, 5.41) is 3.00. The van der Waals surface area contributed by atoms with Crippen molar-refractivity contribution in [3.8, 4) is 11.1 Å². The van der Waals surface area contributed by atoms with Crippen molar-refractivity contribution >= 4 is 17.5 Å². The predicted molar refractivity (Wildman–Crippen MR) is 90.9 cm³/mol. The summed E-state index contributed by atoms with van der Waals surface area (Å²) in [4.78, 5) is 25.9. The van der Waals surface area contributed by atoms with Crippen LogP contribution in [0.5, 0.6) is 0 Å². The van der Waals surface area contributed by atoms with Gasteiger partial charge in [0.05, 0.1) is 0 Å². The van der Waals surface area contributed by atoms with Gasteiger partial charge in [-0.05, 0) is 24.5 Å². The van der Waals surface area contributed by atoms with Gasteiger partial charge in [0, 0.05) is 24.7 Å². The number of hydrogen-bond acceptors (Lipinski definition) is 2. The molecule has 1 aliphatic heterocycles. The number of para-hydroxylation sites is 1. The van der Waals surface area contributed by atoms with Crippen LogP contribution in [0.4, 0.5) is 5.69 Å². The second kappa shape index (κ2) is 6.65. The van der Waals surface area contributed by atoms with Crippen LogP contribution in [0, 0.1) is 0 Å². The summed E-state index contributed by atoms with van der Waals surface area (Å²) in [6.45, 7) is 2.18. The highest BCUT2D eigenvalue weighted by Crippen LogP contribution is 2.28. The third kappa shape index (κ3) is 3.26. The minimum atomic E-state index is -0.365. The highest BCUT2D eigenvalue weighted by atomic mass is 16.2. The molecule has 1 aliphatic rings. The lowest BCUT2D eigenvalue weighted by molar-refractivity contribution is -0.134. The van der Waals surface area contributed by atoms with Crippen molar-refractivity contribution in [1.29, 1.82) is 0 Å². The minimum absolute atomic E-state index is 0.0426. The number of likely N-dealkylation sites (tertiary alicyclic amines) is 1. The number of anilines is 1. The summed E-state index contributed by atoms with van der Waals surface area (Å²) in [7, 11) is 0. The molecular formula is C19H20N2O2. The first kappa shape index (κ1) is 15.3. The van der Waals surface area contributed by atoms with Crippen molar-refractivity contribution in [2.75, 3.05) is 11.9 Å². The monoisotopic (exact) mass is 308 g/mol. The smallest absolute Gasteiger partial charge is 0.247 e. The highest BCUT2D eigenvalue weighted by Gasteiger charge is 2.32. The Morgan fingerprint density at radius 3 is 2.48 bits per heavy atom. The molecule has 0 radical (unpaired) electrons. The Balaban J connectivity index is 1.84. The van der Waals surface area contributed by atoms with Gasteiger partial charge in [0.1, 0.15) is 6.04 Å². The number of benzene rings is 2. The fraction of sp³-hybridized carbons (Fsp3) is 0.263. The molecule has 2 aromatic carbocycles. The molecule has 0 aliphatic carbocycles. The number of rotatable bonds is 3. The molecule has 1 atom stereocenters. The lowest BCUT2D eigenvalue weighted by atomic mass is 10.0. The number of nitrogens with one attached hydrogen (secondary N) is 1. The van der Waals surface area contributed by atoms with E-state index in [4.69, 9.17) is 0 Å². The van der Waals surface area contributed by atoms with Gasteiger partial charge in [-0.1, -0.05) is 48.5 Å². The average molecular weight is 308 g/mol. The van der Waals surface area contributed by atoms with Crippen LogP contribution in [0.3, 0.4) is 0 Å². The lowest BCUT2D eigenvalue weighted by Gasteiger charge is -2.23. The Morgan fingerprint density at radius 1 is 1.04 bits per heavy atom. The third-order valence-corrected chi connectivity index (χ3v) is 4.23. The molecule has 118 valence electrons. The standard InChI is InChI=1S/C19H20N2O2/c1-14(22)21-13-7-12-18(21)19(23)20-17-11-6-5-10-16(17)15-8-3-2-4-9-15/h2-6,8-11,18H,7,12-13H2,1H3,(H,20,23). The Bertz CT molecular complexity index is 712. The summed E-state index contributed by atoms with van der Waals surface area (Å²) >= 11 is 0. The number of carbonyl (C=O) groups excluding carboxylic acids is 2. The molecule has 0 bridgehead atoms. The predicted octanol–water partition coefficient (Wildman–Crippen LogP) is 3.30. The largest absolute Gasteiger partial charge is 0.331 e. The van der Waals surface area contributed by atoms with E-state index in [-0.39, 0.29) is 17.9 Å². The number of amides is 2. The zero-order valence-electron chi connectivity index (χ0n) is 13.2. The van der Waals surface area contributed by atoms with Crippen LogP contribution in [0.15, 0.2) is 54.6 Å². The van der Waals surface area contributed by atoms with E-state index in [2.05, 4.69) is 5.32 Å². The van der Waals surface area contributed by atoms with Gasteiger partial charge in [-0.25, -0.2) is 0 Å². The molecule has 2 amide bonds. The van der Waals surface area contributed by atoms with Gasteiger partial charge in [-0.15, -0.1) is 0 Å². The number of hydrogen-bond donors (Lipinski definition) is 1. The van der Waals surface area contributed by atoms with Crippen molar-refractivity contribution < 1.29 is 9.59 Å². The molecule has 0 saturated carbocycles. The van der Waals surface area contributed by atoms with Crippen molar-refractivity contribution in [3.05, 3.63) is 54.6 Å². The molecule has 1 N–H and O–H groups in total. The second-order valence-corrected chi connectivity index (χ2v) is 5.77. The van der Waals surface area contributed by atoms with E-state index >= 15 is 0 Å². The van der Waals surface area contributed by atoms with Gasteiger partial charge >= 0.3 is 0 Å². The quantitative estimate of drug-likeness (QED) is 0.946. The zero-order chi connectivity index (χ0) is 16.2. The molecule has 4 heteroatoms. The number of nitrogens with zero attached hydrogens (tertiary/aromatic N) is 1. The van der Waals surface area contributed by atoms with E-state index in [1.54, 1.807) is 4.90 Å². The van der Waals surface area contributed by atoms with Gasteiger partial charge < -0.3 is 10.2 Å². The van der Waals surface area contributed by atoms with Crippen LogP contribution >= 0.6 is 0 Å². The normalized spacial score (nSPS) is 17.1. The number of carbonyl (C=O) groups is 2. The van der Waals surface area contributed by atoms with Crippen molar-refractivity contribution in [2.45, 2.75) is 25.8 Å². The van der Waals surface area contributed by atoms with Crippen LogP contribution in [0.2, 0.25) is 0 Å². The molecule has 1 unspecified atom stereocenters. The van der Waals surface area contributed by atoms with E-state index in [0.29, 0.717) is 6.54 Å². The molecule has 0 spiro atoms. The Labute approximate surface area is 136 Å². The van der Waals surface area contributed by atoms with Crippen molar-refractivity contribution in [2.24, 2.45) is 0 Å². The molecular weight excluding hydrogens is 288 g/mol. The van der Waals surface area contributed by atoms with Crippen molar-refractivity contribution in [3.63, 3.8) is 0 Å². The molecule has 1 fully saturated rings. The van der Waals surface area contributed by atoms with Crippen LogP contribution in [0.1, 0.15) is 19.8 Å². The van der Waals surface area contributed by atoms with Crippen LogP contribution in [0.25, 0.3) is 11.1 Å². The molecule has 3 rings (SSSR count). The fourth-order valence-corrected chi connectivity index (χ4v) is 3.09. The molecule has 2 aromatic rings. The average Bonchev–Trinajstić information content (AvgIpc) is 3.06. The Morgan fingerprint density at radius 2 is 1.74 bits per heavy atom. The Kier molecular flexibility index (Phi) is 4.42. The summed E-state index contributed by atoms with van der Waals surface area (Å²) in [6.07, 6.45) is 1.59. The first-order valence-electron chi connectivity index (χ1n) is 7.89. The highest BCUT2D eigenvalue weighted by molar-refractivity contribution is 6.00. The molecule has 23 heavy (non-hydrogen) atoms. The first-order chi connectivity index (χ1) is 11.2. The molecule has 1 saturated heterocycles. The summed E-state index contributed by atoms with van der Waals surface area (Å²) < 4.78 is 0. The van der Waals surface area contributed by atoms with Crippen molar-refractivity contribution in [1.82, 2.24) is 4.90 Å². The van der Waals surface area contributed by atoms with Gasteiger partial charge in [-0.3, -0.25) is 9.59 Å². The van der Waals surface area contributed by atoms with Crippen LogP contribution < -0.4 is 5.32 Å². The first-order valence-corrected chi connectivity index (χ1v) is 7.89. The van der Waals surface area contributed by atoms with Crippen LogP contribution in [-0.4, -0.2) is 29.3 Å². The summed E-state index contributed by atoms with van der Waals surface area (Å²) in [6, 6.07) is 17.3.